The number of hydrogen-bond acceptors (Lipinski definition) is 7. The Morgan fingerprint density at radius 2 is 2.19 bits per heavy atom. The second-order valence-electron chi connectivity index (χ2n) is 4.89. The van der Waals surface area contributed by atoms with Crippen molar-refractivity contribution in [3.05, 3.63) is 24.0 Å². The maximum atomic E-state index is 11.6. The molecule has 3 rings (SSSR count). The van der Waals surface area contributed by atoms with Gasteiger partial charge in [0.1, 0.15) is 11.9 Å². The molecule has 1 unspecified atom stereocenters. The van der Waals surface area contributed by atoms with Crippen LogP contribution in [-0.2, 0) is 9.84 Å². The monoisotopic (exact) mass is 309 g/mol. The normalized spacial score (nSPS) is 15.7. The third-order valence-corrected chi connectivity index (χ3v) is 4.85. The van der Waals surface area contributed by atoms with Crippen molar-refractivity contribution in [2.45, 2.75) is 12.2 Å². The van der Waals surface area contributed by atoms with Gasteiger partial charge in [-0.2, -0.15) is 4.98 Å². The number of rotatable bonds is 3. The summed E-state index contributed by atoms with van der Waals surface area (Å²) < 4.78 is 33.9. The van der Waals surface area contributed by atoms with Gasteiger partial charge in [-0.15, -0.1) is 0 Å². The molecular weight excluding hydrogens is 294 g/mol. The third-order valence-electron chi connectivity index (χ3n) is 3.36. The molecule has 1 aromatic carbocycles. The summed E-state index contributed by atoms with van der Waals surface area (Å²) >= 11 is 0. The van der Waals surface area contributed by atoms with Crippen LogP contribution in [0.3, 0.4) is 0 Å². The van der Waals surface area contributed by atoms with Crippen LogP contribution >= 0.6 is 0 Å². The Hall–Kier alpha value is -2.09. The van der Waals surface area contributed by atoms with Gasteiger partial charge >= 0.3 is 0 Å². The molecule has 0 saturated carbocycles. The van der Waals surface area contributed by atoms with Gasteiger partial charge in [-0.3, -0.25) is 0 Å². The van der Waals surface area contributed by atoms with Crippen molar-refractivity contribution in [2.75, 3.05) is 24.7 Å². The van der Waals surface area contributed by atoms with E-state index in [2.05, 4.69) is 15.5 Å². The molecule has 0 radical (unpaired) electrons. The molecule has 0 saturated heterocycles. The molecular formula is C13H15N3O4S. The lowest BCUT2D eigenvalue weighted by Gasteiger charge is -2.20. The number of nitrogens with zero attached hydrogens (tertiary/aromatic N) is 2. The Labute approximate surface area is 122 Å². The van der Waals surface area contributed by atoms with Gasteiger partial charge in [-0.1, -0.05) is 11.2 Å². The smallest absolute Gasteiger partial charge is 0.261 e. The Bertz CT molecular complexity index is 769. The van der Waals surface area contributed by atoms with E-state index < -0.39 is 15.1 Å². The molecule has 0 spiro atoms. The van der Waals surface area contributed by atoms with E-state index in [1.165, 1.54) is 6.92 Å². The van der Waals surface area contributed by atoms with Crippen LogP contribution in [0.2, 0.25) is 0 Å². The number of para-hydroxylation sites is 1. The first-order valence-electron chi connectivity index (χ1n) is 6.49. The first-order chi connectivity index (χ1) is 9.97. The highest BCUT2D eigenvalue weighted by Crippen LogP contribution is 2.37. The standard InChI is InChI=1S/C13H15N3O4S/c1-8(21(2,17)18)12-15-13(20-16-12)9-4-3-5-10-11(9)19-7-6-14-10/h3-5,8,14H,6-7H2,1-2H3. The summed E-state index contributed by atoms with van der Waals surface area (Å²) in [4.78, 5) is 4.19. The lowest BCUT2D eigenvalue weighted by molar-refractivity contribution is 0.322. The van der Waals surface area contributed by atoms with Gasteiger partial charge in [0.2, 0.25) is 0 Å². The Kier molecular flexibility index (Phi) is 3.32. The highest BCUT2D eigenvalue weighted by atomic mass is 32.2. The average molecular weight is 309 g/mol. The van der Waals surface area contributed by atoms with Crippen LogP contribution in [0.5, 0.6) is 5.75 Å². The molecule has 8 heteroatoms. The van der Waals surface area contributed by atoms with E-state index in [1.54, 1.807) is 6.07 Å². The van der Waals surface area contributed by atoms with Crippen LogP contribution in [0.4, 0.5) is 5.69 Å². The molecule has 1 aliphatic rings. The first kappa shape index (κ1) is 13.9. The van der Waals surface area contributed by atoms with E-state index >= 15 is 0 Å². The van der Waals surface area contributed by atoms with Crippen molar-refractivity contribution in [1.82, 2.24) is 10.1 Å². The summed E-state index contributed by atoms with van der Waals surface area (Å²) in [5.41, 5.74) is 1.51. The topological polar surface area (TPSA) is 94.3 Å². The van der Waals surface area contributed by atoms with Gasteiger partial charge in [0.05, 0.1) is 11.3 Å². The molecule has 112 valence electrons. The molecule has 2 heterocycles. The first-order valence-corrected chi connectivity index (χ1v) is 8.45. The molecule has 0 aliphatic carbocycles. The maximum Gasteiger partial charge on any atom is 0.261 e. The maximum absolute atomic E-state index is 11.6. The fourth-order valence-corrected chi connectivity index (χ4v) is 2.52. The van der Waals surface area contributed by atoms with Crippen LogP contribution < -0.4 is 10.1 Å². The number of hydrogen-bond donors (Lipinski definition) is 1. The number of sulfone groups is 1. The summed E-state index contributed by atoms with van der Waals surface area (Å²) in [5.74, 6) is 1.04. The Balaban J connectivity index is 2.01. The van der Waals surface area contributed by atoms with E-state index in [0.717, 1.165) is 18.5 Å². The van der Waals surface area contributed by atoms with Gasteiger partial charge in [-0.25, -0.2) is 8.42 Å². The van der Waals surface area contributed by atoms with Crippen LogP contribution in [0.1, 0.15) is 18.0 Å². The molecule has 2 aromatic rings. The minimum atomic E-state index is -3.27. The number of nitrogens with one attached hydrogen (secondary N) is 1. The van der Waals surface area contributed by atoms with Crippen molar-refractivity contribution >= 4 is 15.5 Å². The molecule has 0 fully saturated rings. The van der Waals surface area contributed by atoms with E-state index in [1.807, 2.05) is 12.1 Å². The van der Waals surface area contributed by atoms with Crippen LogP contribution in [0, 0.1) is 0 Å². The predicted molar refractivity (Wildman–Crippen MR) is 77.0 cm³/mol. The highest BCUT2D eigenvalue weighted by Gasteiger charge is 2.25. The van der Waals surface area contributed by atoms with Crippen molar-refractivity contribution in [3.8, 4) is 17.2 Å². The largest absolute Gasteiger partial charge is 0.489 e. The molecule has 1 atom stereocenters. The van der Waals surface area contributed by atoms with E-state index in [0.29, 0.717) is 17.9 Å². The van der Waals surface area contributed by atoms with E-state index in [4.69, 9.17) is 9.26 Å². The van der Waals surface area contributed by atoms with Crippen molar-refractivity contribution < 1.29 is 17.7 Å². The summed E-state index contributed by atoms with van der Waals surface area (Å²) in [6.07, 6.45) is 1.14. The molecule has 7 nitrogen and oxygen atoms in total. The van der Waals surface area contributed by atoms with Crippen molar-refractivity contribution in [1.29, 1.82) is 0 Å². The second-order valence-corrected chi connectivity index (χ2v) is 7.25. The van der Waals surface area contributed by atoms with Gasteiger partial charge in [0.25, 0.3) is 5.89 Å². The third kappa shape index (κ3) is 2.58. The Morgan fingerprint density at radius 3 is 2.95 bits per heavy atom. The van der Waals surface area contributed by atoms with E-state index in [-0.39, 0.29) is 11.7 Å². The average Bonchev–Trinajstić information content (AvgIpc) is 2.94. The van der Waals surface area contributed by atoms with Crippen LogP contribution in [0.25, 0.3) is 11.5 Å². The molecule has 0 amide bonds. The number of ether oxygens (including phenoxy) is 1. The zero-order valence-electron chi connectivity index (χ0n) is 11.7. The van der Waals surface area contributed by atoms with Crippen molar-refractivity contribution in [2.24, 2.45) is 0 Å². The van der Waals surface area contributed by atoms with Gasteiger partial charge in [0, 0.05) is 12.8 Å². The number of benzene rings is 1. The molecule has 0 bridgehead atoms. The second kappa shape index (κ2) is 5.03. The zero-order chi connectivity index (χ0) is 15.0. The van der Waals surface area contributed by atoms with Gasteiger partial charge in [-0.05, 0) is 19.1 Å². The number of anilines is 1. The molecule has 1 N–H and O–H groups in total. The minimum Gasteiger partial charge on any atom is -0.489 e. The lowest BCUT2D eigenvalue weighted by atomic mass is 10.1. The highest BCUT2D eigenvalue weighted by molar-refractivity contribution is 7.90. The minimum absolute atomic E-state index is 0.147. The lowest BCUT2D eigenvalue weighted by Crippen LogP contribution is -2.18. The SMILES string of the molecule is CC(c1noc(-c2cccc3c2OCCN3)n1)S(C)(=O)=O. The van der Waals surface area contributed by atoms with Crippen LogP contribution in [-0.4, -0.2) is 38.0 Å². The van der Waals surface area contributed by atoms with Gasteiger partial charge in [0.15, 0.2) is 21.4 Å². The predicted octanol–water partition coefficient (Wildman–Crippen LogP) is 1.65. The molecule has 21 heavy (non-hydrogen) atoms. The number of fused-ring (bicyclic) bond motifs is 1. The van der Waals surface area contributed by atoms with Crippen LogP contribution in [0.15, 0.2) is 22.7 Å². The molecule has 1 aromatic heterocycles. The summed E-state index contributed by atoms with van der Waals surface area (Å²) in [7, 11) is -3.27. The van der Waals surface area contributed by atoms with E-state index in [9.17, 15) is 8.42 Å². The Morgan fingerprint density at radius 1 is 1.38 bits per heavy atom. The van der Waals surface area contributed by atoms with Gasteiger partial charge < -0.3 is 14.6 Å². The quantitative estimate of drug-likeness (QED) is 0.921. The number of aromatic nitrogens is 2. The molecule has 1 aliphatic heterocycles. The van der Waals surface area contributed by atoms with Crippen molar-refractivity contribution in [3.63, 3.8) is 0 Å². The fourth-order valence-electron chi connectivity index (χ4n) is 2.04. The summed E-state index contributed by atoms with van der Waals surface area (Å²) in [6, 6.07) is 5.54. The zero-order valence-corrected chi connectivity index (χ0v) is 12.5. The summed E-state index contributed by atoms with van der Waals surface area (Å²) in [6.45, 7) is 2.81. The summed E-state index contributed by atoms with van der Waals surface area (Å²) in [5, 5.41) is 6.17. The fraction of sp³-hybridized carbons (Fsp3) is 0.385.